The zero-order valence-electron chi connectivity index (χ0n) is 9.93. The predicted molar refractivity (Wildman–Crippen MR) is 72.2 cm³/mol. The number of nitrogens with zero attached hydrogens (tertiary/aromatic N) is 3. The molecular weight excluding hydrogens is 294 g/mol. The fraction of sp³-hybridized carbons (Fsp3) is 0.231. The van der Waals surface area contributed by atoms with E-state index in [1.165, 1.54) is 0 Å². The summed E-state index contributed by atoms with van der Waals surface area (Å²) in [7, 11) is 1.92. The van der Waals surface area contributed by atoms with E-state index in [0.717, 1.165) is 21.4 Å². The van der Waals surface area contributed by atoms with Crippen LogP contribution in [0.2, 0.25) is 0 Å². The van der Waals surface area contributed by atoms with Crippen molar-refractivity contribution >= 4 is 27.5 Å². The van der Waals surface area contributed by atoms with E-state index in [-0.39, 0.29) is 5.91 Å². The van der Waals surface area contributed by atoms with Crippen LogP contribution in [0.5, 0.6) is 0 Å². The van der Waals surface area contributed by atoms with E-state index in [9.17, 15) is 4.79 Å². The van der Waals surface area contributed by atoms with Crippen molar-refractivity contribution < 1.29 is 4.79 Å². The van der Waals surface area contributed by atoms with E-state index < -0.39 is 0 Å². The van der Waals surface area contributed by atoms with Crippen LogP contribution in [0.1, 0.15) is 11.3 Å². The maximum Gasteiger partial charge on any atom is 0.231 e. The second-order valence-electron chi connectivity index (χ2n) is 4.46. The lowest BCUT2D eigenvalue weighted by molar-refractivity contribution is -0.117. The first-order valence-electron chi connectivity index (χ1n) is 5.69. The van der Waals surface area contributed by atoms with E-state index in [0.29, 0.717) is 13.0 Å². The smallest absolute Gasteiger partial charge is 0.231 e. The molecule has 3 rings (SSSR count). The van der Waals surface area contributed by atoms with Crippen molar-refractivity contribution in [2.75, 3.05) is 4.90 Å². The quantitative estimate of drug-likeness (QED) is 0.853. The SMILES string of the molecule is Cn1cnc(CN2C(=O)Cc3cc(Br)ccc32)c1. The minimum absolute atomic E-state index is 0.133. The Morgan fingerprint density at radius 2 is 2.28 bits per heavy atom. The monoisotopic (exact) mass is 305 g/mol. The Kier molecular flexibility index (Phi) is 2.70. The van der Waals surface area contributed by atoms with Crippen molar-refractivity contribution in [1.82, 2.24) is 9.55 Å². The van der Waals surface area contributed by atoms with Gasteiger partial charge >= 0.3 is 0 Å². The number of aromatic nitrogens is 2. The van der Waals surface area contributed by atoms with Crippen LogP contribution < -0.4 is 4.90 Å². The highest BCUT2D eigenvalue weighted by Gasteiger charge is 2.27. The lowest BCUT2D eigenvalue weighted by Crippen LogP contribution is -2.26. The van der Waals surface area contributed by atoms with Gasteiger partial charge in [0, 0.05) is 23.4 Å². The van der Waals surface area contributed by atoms with Gasteiger partial charge in [-0.3, -0.25) is 4.79 Å². The van der Waals surface area contributed by atoms with Gasteiger partial charge in [-0.1, -0.05) is 15.9 Å². The third-order valence-electron chi connectivity index (χ3n) is 3.05. The molecule has 1 aliphatic heterocycles. The largest absolute Gasteiger partial charge is 0.340 e. The molecule has 1 aromatic heterocycles. The van der Waals surface area contributed by atoms with Crippen LogP contribution in [0.4, 0.5) is 5.69 Å². The van der Waals surface area contributed by atoms with Gasteiger partial charge < -0.3 is 9.47 Å². The van der Waals surface area contributed by atoms with Crippen molar-refractivity contribution in [3.63, 3.8) is 0 Å². The summed E-state index contributed by atoms with van der Waals surface area (Å²) in [5.41, 5.74) is 2.97. The van der Waals surface area contributed by atoms with Crippen molar-refractivity contribution in [3.8, 4) is 0 Å². The van der Waals surface area contributed by atoms with E-state index in [4.69, 9.17) is 0 Å². The van der Waals surface area contributed by atoms with E-state index in [1.54, 1.807) is 11.2 Å². The number of anilines is 1. The van der Waals surface area contributed by atoms with Gasteiger partial charge in [-0.05, 0) is 23.8 Å². The minimum atomic E-state index is 0.133. The number of fused-ring (bicyclic) bond motifs is 1. The molecule has 4 nitrogen and oxygen atoms in total. The molecule has 0 unspecified atom stereocenters. The lowest BCUT2D eigenvalue weighted by Gasteiger charge is -2.15. The van der Waals surface area contributed by atoms with Crippen molar-refractivity contribution in [3.05, 3.63) is 46.5 Å². The normalized spacial score (nSPS) is 14.1. The molecule has 2 heterocycles. The number of hydrogen-bond donors (Lipinski definition) is 0. The fourth-order valence-corrected chi connectivity index (χ4v) is 2.64. The first-order chi connectivity index (χ1) is 8.63. The standard InChI is InChI=1S/C13H12BrN3O/c1-16-6-11(15-8-16)7-17-12-3-2-10(14)4-9(12)5-13(17)18/h2-4,6,8H,5,7H2,1H3. The molecule has 0 atom stereocenters. The van der Waals surface area contributed by atoms with Gasteiger partial charge in [0.2, 0.25) is 5.91 Å². The van der Waals surface area contributed by atoms with Gasteiger partial charge in [0.15, 0.2) is 0 Å². The zero-order chi connectivity index (χ0) is 12.7. The van der Waals surface area contributed by atoms with Crippen LogP contribution >= 0.6 is 15.9 Å². The van der Waals surface area contributed by atoms with E-state index in [1.807, 2.05) is 36.0 Å². The summed E-state index contributed by atoms with van der Waals surface area (Å²) in [6.07, 6.45) is 4.16. The summed E-state index contributed by atoms with van der Waals surface area (Å²) in [4.78, 5) is 18.1. The fourth-order valence-electron chi connectivity index (χ4n) is 2.24. The molecule has 0 N–H and O–H groups in total. The molecule has 18 heavy (non-hydrogen) atoms. The number of carbonyl (C=O) groups excluding carboxylic acids is 1. The van der Waals surface area contributed by atoms with Gasteiger partial charge in [-0.25, -0.2) is 4.98 Å². The topological polar surface area (TPSA) is 38.1 Å². The molecule has 92 valence electrons. The third-order valence-corrected chi connectivity index (χ3v) is 3.55. The number of halogens is 1. The molecule has 0 aliphatic carbocycles. The number of carbonyl (C=O) groups is 1. The molecule has 1 amide bonds. The number of hydrogen-bond acceptors (Lipinski definition) is 2. The molecule has 1 aliphatic rings. The Morgan fingerprint density at radius 3 is 3.00 bits per heavy atom. The van der Waals surface area contributed by atoms with Crippen LogP contribution in [-0.2, 0) is 24.8 Å². The number of imidazole rings is 1. The summed E-state index contributed by atoms with van der Waals surface area (Å²) in [5.74, 6) is 0.133. The summed E-state index contributed by atoms with van der Waals surface area (Å²) < 4.78 is 2.90. The molecule has 0 radical (unpaired) electrons. The second-order valence-corrected chi connectivity index (χ2v) is 5.38. The predicted octanol–water partition coefficient (Wildman–Crippen LogP) is 2.27. The molecule has 2 aromatic rings. The summed E-state index contributed by atoms with van der Waals surface area (Å²) in [6.45, 7) is 0.536. The van der Waals surface area contributed by atoms with Crippen molar-refractivity contribution in [2.45, 2.75) is 13.0 Å². The minimum Gasteiger partial charge on any atom is -0.340 e. The maximum atomic E-state index is 12.0. The molecule has 0 saturated heterocycles. The van der Waals surface area contributed by atoms with Crippen LogP contribution in [0, 0.1) is 0 Å². The number of rotatable bonds is 2. The van der Waals surface area contributed by atoms with Gasteiger partial charge in [0.25, 0.3) is 0 Å². The van der Waals surface area contributed by atoms with Crippen molar-refractivity contribution in [2.24, 2.45) is 7.05 Å². The number of amides is 1. The first-order valence-corrected chi connectivity index (χ1v) is 6.48. The Labute approximate surface area is 113 Å². The molecule has 0 fully saturated rings. The number of benzene rings is 1. The van der Waals surface area contributed by atoms with Gasteiger partial charge in [0.05, 0.1) is 25.0 Å². The highest BCUT2D eigenvalue weighted by atomic mass is 79.9. The first kappa shape index (κ1) is 11.5. The van der Waals surface area contributed by atoms with Gasteiger partial charge in [-0.15, -0.1) is 0 Å². The molecule has 0 bridgehead atoms. The number of aryl methyl sites for hydroxylation is 1. The van der Waals surface area contributed by atoms with Crippen LogP contribution in [-0.4, -0.2) is 15.5 Å². The van der Waals surface area contributed by atoms with Gasteiger partial charge in [-0.2, -0.15) is 0 Å². The van der Waals surface area contributed by atoms with Gasteiger partial charge in [0.1, 0.15) is 0 Å². The Morgan fingerprint density at radius 1 is 1.44 bits per heavy atom. The van der Waals surface area contributed by atoms with Crippen LogP contribution in [0.15, 0.2) is 35.2 Å². The van der Waals surface area contributed by atoms with Crippen LogP contribution in [0.25, 0.3) is 0 Å². The van der Waals surface area contributed by atoms with Crippen LogP contribution in [0.3, 0.4) is 0 Å². The third kappa shape index (κ3) is 1.95. The second kappa shape index (κ2) is 4.24. The molecular formula is C13H12BrN3O. The lowest BCUT2D eigenvalue weighted by atomic mass is 10.2. The molecule has 1 aromatic carbocycles. The highest BCUT2D eigenvalue weighted by Crippen LogP contribution is 2.32. The molecule has 0 spiro atoms. The average Bonchev–Trinajstić information content (AvgIpc) is 2.84. The zero-order valence-corrected chi connectivity index (χ0v) is 11.5. The Bertz CT molecular complexity index is 620. The summed E-state index contributed by atoms with van der Waals surface area (Å²) in [6, 6.07) is 5.95. The summed E-state index contributed by atoms with van der Waals surface area (Å²) >= 11 is 3.43. The highest BCUT2D eigenvalue weighted by molar-refractivity contribution is 9.10. The Balaban J connectivity index is 1.92. The molecule has 5 heteroatoms. The average molecular weight is 306 g/mol. The Hall–Kier alpha value is -1.62. The van der Waals surface area contributed by atoms with E-state index in [2.05, 4.69) is 20.9 Å². The van der Waals surface area contributed by atoms with Crippen molar-refractivity contribution in [1.29, 1.82) is 0 Å². The molecule has 0 saturated carbocycles. The van der Waals surface area contributed by atoms with E-state index >= 15 is 0 Å². The maximum absolute atomic E-state index is 12.0. The summed E-state index contributed by atoms with van der Waals surface area (Å²) in [5, 5.41) is 0.